The van der Waals surface area contributed by atoms with E-state index in [-0.39, 0.29) is 46.2 Å². The predicted molar refractivity (Wildman–Crippen MR) is 159 cm³/mol. The van der Waals surface area contributed by atoms with E-state index in [1.165, 1.54) is 13.0 Å². The van der Waals surface area contributed by atoms with Crippen molar-refractivity contribution < 1.29 is 23.5 Å². The van der Waals surface area contributed by atoms with Gasteiger partial charge in [-0.1, -0.05) is 55.2 Å². The van der Waals surface area contributed by atoms with E-state index in [9.17, 15) is 14.4 Å². The van der Waals surface area contributed by atoms with Crippen LogP contribution >= 0.6 is 23.2 Å². The summed E-state index contributed by atoms with van der Waals surface area (Å²) < 4.78 is 21.8. The summed E-state index contributed by atoms with van der Waals surface area (Å²) in [6, 6.07) is 8.79. The standard InChI is InChI=1S/C32H36Cl2FN3O4/c1-17(39)24-10-8-19(16-42-24)36-28(40)27-25(20-5-4-6-22(34)26(20)35)32(31(38-27)13-11-30(2,3)12-14-31)21-9-7-18(33)15-23(21)37-29(32)41/h4-7,9,15,19,24-25,27,38H,8,10-14,16H2,1-3H3,(H,36,40)(H,37,41)/t19-,24+,25-,27+,32+/m0/s1. The third-order valence-electron chi connectivity index (χ3n) is 10.1. The highest BCUT2D eigenvalue weighted by Gasteiger charge is 2.73. The van der Waals surface area contributed by atoms with Gasteiger partial charge in [-0.25, -0.2) is 4.39 Å². The Morgan fingerprint density at radius 1 is 1.07 bits per heavy atom. The van der Waals surface area contributed by atoms with Crippen molar-refractivity contribution in [2.75, 3.05) is 11.9 Å². The molecule has 224 valence electrons. The van der Waals surface area contributed by atoms with E-state index in [0.717, 1.165) is 12.8 Å². The van der Waals surface area contributed by atoms with E-state index in [4.69, 9.17) is 27.9 Å². The number of Topliss-reactive ketones (excluding diaryl/α,β-unsaturated/α-hetero) is 1. The lowest BCUT2D eigenvalue weighted by Gasteiger charge is -2.50. The van der Waals surface area contributed by atoms with Crippen LogP contribution in [0.3, 0.4) is 0 Å². The van der Waals surface area contributed by atoms with Crippen molar-refractivity contribution in [1.82, 2.24) is 10.6 Å². The van der Waals surface area contributed by atoms with Gasteiger partial charge in [0.25, 0.3) is 0 Å². The van der Waals surface area contributed by atoms with Crippen LogP contribution in [-0.4, -0.2) is 47.9 Å². The summed E-state index contributed by atoms with van der Waals surface area (Å²) >= 11 is 12.7. The van der Waals surface area contributed by atoms with Gasteiger partial charge in [0.05, 0.1) is 23.7 Å². The molecule has 2 spiro atoms. The molecular formula is C32H36Cl2FN3O4. The quantitative estimate of drug-likeness (QED) is 0.412. The first-order chi connectivity index (χ1) is 19.9. The number of fused-ring (bicyclic) bond motifs is 3. The molecule has 42 heavy (non-hydrogen) atoms. The van der Waals surface area contributed by atoms with Crippen molar-refractivity contribution >= 4 is 46.5 Å². The molecule has 0 radical (unpaired) electrons. The molecule has 0 aromatic heterocycles. The van der Waals surface area contributed by atoms with Crippen LogP contribution in [0.25, 0.3) is 0 Å². The highest BCUT2D eigenvalue weighted by atomic mass is 35.5. The molecule has 1 saturated carbocycles. The molecule has 10 heteroatoms. The van der Waals surface area contributed by atoms with Crippen LogP contribution in [0.5, 0.6) is 0 Å². The molecule has 5 atom stereocenters. The average molecular weight is 617 g/mol. The number of anilines is 1. The molecule has 3 heterocycles. The molecule has 2 aromatic carbocycles. The Balaban J connectivity index is 1.49. The van der Waals surface area contributed by atoms with Gasteiger partial charge in [-0.15, -0.1) is 0 Å². The number of hydrogen-bond acceptors (Lipinski definition) is 5. The third kappa shape index (κ3) is 4.57. The topological polar surface area (TPSA) is 96.5 Å². The maximum atomic E-state index is 16.1. The smallest absolute Gasteiger partial charge is 0.238 e. The lowest BCUT2D eigenvalue weighted by Crippen LogP contribution is -2.61. The molecular weight excluding hydrogens is 580 g/mol. The lowest BCUT2D eigenvalue weighted by atomic mass is 9.53. The van der Waals surface area contributed by atoms with Crippen molar-refractivity contribution in [3.63, 3.8) is 0 Å². The Kier molecular flexibility index (Phi) is 7.44. The summed E-state index contributed by atoms with van der Waals surface area (Å²) in [6.45, 7) is 6.11. The van der Waals surface area contributed by atoms with Gasteiger partial charge in [-0.2, -0.15) is 0 Å². The molecule has 1 aliphatic carbocycles. The summed E-state index contributed by atoms with van der Waals surface area (Å²) in [5.74, 6) is -2.21. The number of carbonyl (C=O) groups is 3. The fourth-order valence-corrected chi connectivity index (χ4v) is 8.25. The zero-order valence-electron chi connectivity index (χ0n) is 24.0. The van der Waals surface area contributed by atoms with E-state index in [1.807, 2.05) is 6.07 Å². The van der Waals surface area contributed by atoms with Crippen LogP contribution in [-0.2, 0) is 24.5 Å². The average Bonchev–Trinajstić information content (AvgIpc) is 3.40. The van der Waals surface area contributed by atoms with Gasteiger partial charge in [0, 0.05) is 22.2 Å². The highest BCUT2D eigenvalue weighted by Crippen LogP contribution is 2.64. The summed E-state index contributed by atoms with van der Waals surface area (Å²) in [4.78, 5) is 40.6. The van der Waals surface area contributed by atoms with E-state index in [2.05, 4.69) is 29.8 Å². The van der Waals surface area contributed by atoms with Crippen LogP contribution in [0.4, 0.5) is 10.1 Å². The molecule has 0 unspecified atom stereocenters. The van der Waals surface area contributed by atoms with Crippen LogP contribution < -0.4 is 16.0 Å². The van der Waals surface area contributed by atoms with Crippen LogP contribution in [0.1, 0.15) is 76.3 Å². The summed E-state index contributed by atoms with van der Waals surface area (Å²) in [5.41, 5.74) is -0.603. The number of hydrogen-bond donors (Lipinski definition) is 3. The molecule has 0 bridgehead atoms. The number of ketones is 1. The first kappa shape index (κ1) is 29.5. The number of ether oxygens (including phenoxy) is 1. The minimum atomic E-state index is -1.31. The predicted octanol–water partition coefficient (Wildman–Crippen LogP) is 5.67. The zero-order valence-corrected chi connectivity index (χ0v) is 25.5. The van der Waals surface area contributed by atoms with Gasteiger partial charge >= 0.3 is 0 Å². The summed E-state index contributed by atoms with van der Waals surface area (Å²) in [5, 5.41) is 10.2. The Morgan fingerprint density at radius 2 is 1.81 bits per heavy atom. The van der Waals surface area contributed by atoms with Gasteiger partial charge in [0.15, 0.2) is 5.78 Å². The number of halogens is 3. The molecule has 3 aliphatic heterocycles. The Bertz CT molecular complexity index is 1450. The Morgan fingerprint density at radius 3 is 2.48 bits per heavy atom. The monoisotopic (exact) mass is 615 g/mol. The van der Waals surface area contributed by atoms with Crippen LogP contribution in [0.15, 0.2) is 36.4 Å². The SMILES string of the molecule is CC(=O)[C@H]1CC[C@H](NC(=O)[C@@H]2NC3(CCC(C)(C)CC3)[C@@]3(C(=O)Nc4cc(Cl)ccc43)[C@H]2c2cccc(Cl)c2F)CO1. The number of carbonyl (C=O) groups excluding carboxylic acids is 3. The second-order valence-electron chi connectivity index (χ2n) is 13.2. The molecule has 2 saturated heterocycles. The van der Waals surface area contributed by atoms with Gasteiger partial charge < -0.3 is 15.4 Å². The second kappa shape index (κ2) is 10.6. The van der Waals surface area contributed by atoms with Crippen molar-refractivity contribution in [2.45, 2.75) is 94.4 Å². The molecule has 4 aliphatic rings. The number of nitrogens with one attached hydrogen (secondary N) is 3. The molecule has 2 amide bonds. The number of rotatable bonds is 4. The highest BCUT2D eigenvalue weighted by molar-refractivity contribution is 6.31. The molecule has 6 rings (SSSR count). The van der Waals surface area contributed by atoms with Crippen molar-refractivity contribution in [1.29, 1.82) is 0 Å². The first-order valence-corrected chi connectivity index (χ1v) is 15.4. The minimum absolute atomic E-state index is 0.0381. The van der Waals surface area contributed by atoms with Crippen LogP contribution in [0.2, 0.25) is 10.0 Å². The maximum Gasteiger partial charge on any atom is 0.238 e. The second-order valence-corrected chi connectivity index (χ2v) is 14.0. The first-order valence-electron chi connectivity index (χ1n) is 14.6. The third-order valence-corrected chi connectivity index (χ3v) is 10.7. The fourth-order valence-electron chi connectivity index (χ4n) is 7.89. The molecule has 7 nitrogen and oxygen atoms in total. The summed E-state index contributed by atoms with van der Waals surface area (Å²) in [7, 11) is 0. The Hall–Kier alpha value is -2.52. The van der Waals surface area contributed by atoms with Crippen molar-refractivity contribution in [2.24, 2.45) is 5.41 Å². The molecule has 3 fully saturated rings. The maximum absolute atomic E-state index is 16.1. The van der Waals surface area contributed by atoms with Crippen LogP contribution in [0, 0.1) is 11.2 Å². The molecule has 2 aromatic rings. The van der Waals surface area contributed by atoms with E-state index < -0.39 is 34.8 Å². The van der Waals surface area contributed by atoms with Crippen molar-refractivity contribution in [3.8, 4) is 0 Å². The van der Waals surface area contributed by atoms with Gasteiger partial charge in [0.2, 0.25) is 11.8 Å². The fraction of sp³-hybridized carbons (Fsp3) is 0.531. The molecule has 3 N–H and O–H groups in total. The Labute approximate surface area is 255 Å². The minimum Gasteiger partial charge on any atom is -0.368 e. The normalized spacial score (nSPS) is 31.1. The van der Waals surface area contributed by atoms with Gasteiger partial charge in [-0.3, -0.25) is 19.7 Å². The number of amides is 2. The van der Waals surface area contributed by atoms with Gasteiger partial charge in [0.1, 0.15) is 17.3 Å². The number of benzene rings is 2. The summed E-state index contributed by atoms with van der Waals surface area (Å²) in [6.07, 6.45) is 3.48. The van der Waals surface area contributed by atoms with E-state index in [0.29, 0.717) is 42.0 Å². The largest absolute Gasteiger partial charge is 0.368 e. The lowest BCUT2D eigenvalue weighted by molar-refractivity contribution is -0.133. The van der Waals surface area contributed by atoms with E-state index in [1.54, 1.807) is 24.3 Å². The zero-order chi connectivity index (χ0) is 30.0. The van der Waals surface area contributed by atoms with E-state index >= 15 is 4.39 Å². The van der Waals surface area contributed by atoms with Crippen molar-refractivity contribution in [3.05, 3.63) is 63.4 Å². The van der Waals surface area contributed by atoms with Gasteiger partial charge in [-0.05, 0) is 80.2 Å².